The Morgan fingerprint density at radius 1 is 1.29 bits per heavy atom. The van der Waals surface area contributed by atoms with Gasteiger partial charge in [-0.2, -0.15) is 5.26 Å². The molecule has 0 fully saturated rings. The Balaban J connectivity index is 3.86. The minimum atomic E-state index is -0.0592. The van der Waals surface area contributed by atoms with Crippen molar-refractivity contribution in [3.8, 4) is 6.07 Å². The third kappa shape index (κ3) is 9.75. The number of ether oxygens (including phenoxy) is 2. The van der Waals surface area contributed by atoms with Crippen molar-refractivity contribution in [2.24, 2.45) is 0 Å². The van der Waals surface area contributed by atoms with Crippen LogP contribution in [0.1, 0.15) is 6.42 Å². The van der Waals surface area contributed by atoms with Crippen molar-refractivity contribution < 1.29 is 14.3 Å². The molecule has 1 amide bonds. The molecule has 6 nitrogen and oxygen atoms in total. The minimum Gasteiger partial charge on any atom is -0.383 e. The molecule has 0 radical (unpaired) electrons. The van der Waals surface area contributed by atoms with Gasteiger partial charge in [-0.15, -0.1) is 0 Å². The highest BCUT2D eigenvalue weighted by Gasteiger charge is 2.09. The van der Waals surface area contributed by atoms with Crippen LogP contribution in [-0.2, 0) is 14.3 Å². The van der Waals surface area contributed by atoms with Gasteiger partial charge in [-0.1, -0.05) is 0 Å². The van der Waals surface area contributed by atoms with E-state index in [4.69, 9.17) is 14.7 Å². The summed E-state index contributed by atoms with van der Waals surface area (Å²) in [6.45, 7) is 3.08. The Labute approximate surface area is 102 Å². The van der Waals surface area contributed by atoms with E-state index < -0.39 is 0 Å². The number of carbonyl (C=O) groups is 1. The highest BCUT2D eigenvalue weighted by atomic mass is 16.5. The van der Waals surface area contributed by atoms with E-state index in [0.717, 1.165) is 0 Å². The summed E-state index contributed by atoms with van der Waals surface area (Å²) in [7, 11) is 3.20. The fraction of sp³-hybridized carbons (Fsp3) is 0.818. The highest BCUT2D eigenvalue weighted by molar-refractivity contribution is 5.77. The lowest BCUT2D eigenvalue weighted by atomic mass is 10.3. The van der Waals surface area contributed by atoms with Gasteiger partial charge < -0.3 is 14.8 Å². The number of methoxy groups -OCH3 is 2. The summed E-state index contributed by atoms with van der Waals surface area (Å²) in [6.07, 6.45) is 0.412. The van der Waals surface area contributed by atoms with E-state index in [0.29, 0.717) is 39.3 Å². The van der Waals surface area contributed by atoms with Gasteiger partial charge in [-0.05, 0) is 0 Å². The first-order valence-electron chi connectivity index (χ1n) is 5.58. The van der Waals surface area contributed by atoms with Crippen LogP contribution in [0, 0.1) is 11.3 Å². The first-order chi connectivity index (χ1) is 8.24. The van der Waals surface area contributed by atoms with E-state index in [1.807, 2.05) is 4.90 Å². The van der Waals surface area contributed by atoms with Gasteiger partial charge in [-0.25, -0.2) is 0 Å². The van der Waals surface area contributed by atoms with Crippen LogP contribution >= 0.6 is 0 Å². The van der Waals surface area contributed by atoms with E-state index in [1.165, 1.54) is 0 Å². The number of nitrogens with one attached hydrogen (secondary N) is 1. The van der Waals surface area contributed by atoms with Gasteiger partial charge >= 0.3 is 0 Å². The summed E-state index contributed by atoms with van der Waals surface area (Å²) < 4.78 is 9.79. The number of amides is 1. The summed E-state index contributed by atoms with van der Waals surface area (Å²) in [5, 5.41) is 11.3. The number of nitriles is 1. The lowest BCUT2D eigenvalue weighted by Gasteiger charge is -2.19. The molecule has 0 heterocycles. The van der Waals surface area contributed by atoms with Gasteiger partial charge in [0, 0.05) is 40.3 Å². The van der Waals surface area contributed by atoms with Crippen LogP contribution in [0.4, 0.5) is 0 Å². The molecule has 0 aromatic rings. The molecule has 0 unspecified atom stereocenters. The molecule has 0 aliphatic carbocycles. The van der Waals surface area contributed by atoms with Crippen molar-refractivity contribution in [3.05, 3.63) is 0 Å². The molecule has 0 aliphatic heterocycles. The summed E-state index contributed by atoms with van der Waals surface area (Å²) >= 11 is 0. The maximum Gasteiger partial charge on any atom is 0.234 e. The van der Waals surface area contributed by atoms with Gasteiger partial charge in [0.25, 0.3) is 0 Å². The molecule has 0 bridgehead atoms. The first-order valence-corrected chi connectivity index (χ1v) is 5.58. The van der Waals surface area contributed by atoms with E-state index in [9.17, 15) is 4.79 Å². The molecule has 0 aliphatic rings. The quantitative estimate of drug-likeness (QED) is 0.529. The van der Waals surface area contributed by atoms with Gasteiger partial charge in [0.1, 0.15) is 0 Å². The maximum atomic E-state index is 11.5. The van der Waals surface area contributed by atoms with E-state index in [-0.39, 0.29) is 12.5 Å². The Bertz CT molecular complexity index is 241. The third-order valence-electron chi connectivity index (χ3n) is 2.15. The van der Waals surface area contributed by atoms with Gasteiger partial charge in [-0.3, -0.25) is 9.69 Å². The summed E-state index contributed by atoms with van der Waals surface area (Å²) in [5.74, 6) is -0.0592. The van der Waals surface area contributed by atoms with Gasteiger partial charge in [0.2, 0.25) is 5.91 Å². The maximum absolute atomic E-state index is 11.5. The van der Waals surface area contributed by atoms with E-state index in [1.54, 1.807) is 14.2 Å². The highest BCUT2D eigenvalue weighted by Crippen LogP contribution is 1.91. The van der Waals surface area contributed by atoms with Crippen molar-refractivity contribution in [3.63, 3.8) is 0 Å². The lowest BCUT2D eigenvalue weighted by Crippen LogP contribution is -2.40. The van der Waals surface area contributed by atoms with Crippen LogP contribution in [0.25, 0.3) is 0 Å². The number of nitrogens with zero attached hydrogens (tertiary/aromatic N) is 2. The average molecular weight is 243 g/mol. The standard InChI is InChI=1S/C11H21N3O3/c1-16-8-5-13-11(15)10-14(6-3-4-12)7-9-17-2/h3,5-10H2,1-2H3,(H,13,15). The molecule has 0 spiro atoms. The second kappa shape index (κ2) is 11.3. The number of rotatable bonds is 10. The van der Waals surface area contributed by atoms with Crippen molar-refractivity contribution in [2.75, 3.05) is 53.6 Å². The van der Waals surface area contributed by atoms with Crippen LogP contribution in [0.15, 0.2) is 0 Å². The fourth-order valence-corrected chi connectivity index (χ4v) is 1.25. The number of hydrogen-bond donors (Lipinski definition) is 1. The smallest absolute Gasteiger partial charge is 0.234 e. The SMILES string of the molecule is COCCNC(=O)CN(CCC#N)CCOC. The van der Waals surface area contributed by atoms with E-state index in [2.05, 4.69) is 11.4 Å². The fourth-order valence-electron chi connectivity index (χ4n) is 1.25. The molecule has 17 heavy (non-hydrogen) atoms. The van der Waals surface area contributed by atoms with Gasteiger partial charge in [0.05, 0.1) is 25.8 Å². The Hall–Kier alpha value is -1.16. The van der Waals surface area contributed by atoms with Crippen LogP contribution in [0.5, 0.6) is 0 Å². The zero-order valence-electron chi connectivity index (χ0n) is 10.6. The predicted octanol–water partition coefficient (Wildman–Crippen LogP) is -0.389. The molecular formula is C11H21N3O3. The third-order valence-corrected chi connectivity index (χ3v) is 2.15. The molecule has 98 valence electrons. The van der Waals surface area contributed by atoms with Crippen LogP contribution in [0.3, 0.4) is 0 Å². The number of carbonyl (C=O) groups excluding carboxylic acids is 1. The molecule has 0 saturated heterocycles. The summed E-state index contributed by atoms with van der Waals surface area (Å²) in [6, 6.07) is 2.07. The van der Waals surface area contributed by atoms with Gasteiger partial charge in [0.15, 0.2) is 0 Å². The Morgan fingerprint density at radius 3 is 2.59 bits per heavy atom. The van der Waals surface area contributed by atoms with Crippen molar-refractivity contribution in [2.45, 2.75) is 6.42 Å². The summed E-state index contributed by atoms with van der Waals surface area (Å²) in [5.41, 5.74) is 0. The molecular weight excluding hydrogens is 222 g/mol. The monoisotopic (exact) mass is 243 g/mol. The lowest BCUT2D eigenvalue weighted by molar-refractivity contribution is -0.122. The van der Waals surface area contributed by atoms with E-state index >= 15 is 0 Å². The van der Waals surface area contributed by atoms with Crippen LogP contribution < -0.4 is 5.32 Å². The van der Waals surface area contributed by atoms with Crippen molar-refractivity contribution in [1.29, 1.82) is 5.26 Å². The molecule has 0 rings (SSSR count). The second-order valence-corrected chi connectivity index (χ2v) is 3.52. The molecule has 1 N–H and O–H groups in total. The minimum absolute atomic E-state index is 0.0592. The molecule has 0 aromatic carbocycles. The Morgan fingerprint density at radius 2 is 2.00 bits per heavy atom. The normalized spacial score (nSPS) is 10.2. The summed E-state index contributed by atoms with van der Waals surface area (Å²) in [4.78, 5) is 13.4. The van der Waals surface area contributed by atoms with Crippen LogP contribution in [-0.4, -0.2) is 64.4 Å². The first kappa shape index (κ1) is 15.8. The molecule has 0 aromatic heterocycles. The zero-order chi connectivity index (χ0) is 12.9. The zero-order valence-corrected chi connectivity index (χ0v) is 10.6. The van der Waals surface area contributed by atoms with Crippen LogP contribution in [0.2, 0.25) is 0 Å². The predicted molar refractivity (Wildman–Crippen MR) is 63.4 cm³/mol. The average Bonchev–Trinajstić information content (AvgIpc) is 2.33. The topological polar surface area (TPSA) is 74.6 Å². The number of hydrogen-bond acceptors (Lipinski definition) is 5. The second-order valence-electron chi connectivity index (χ2n) is 3.52. The van der Waals surface area contributed by atoms with Crippen molar-refractivity contribution in [1.82, 2.24) is 10.2 Å². The molecule has 6 heteroatoms. The largest absolute Gasteiger partial charge is 0.383 e. The Kier molecular flexibility index (Phi) is 10.6. The molecule has 0 atom stereocenters. The molecule has 0 saturated carbocycles. The van der Waals surface area contributed by atoms with Crippen molar-refractivity contribution >= 4 is 5.91 Å².